The molecule has 0 aliphatic carbocycles. The molecule has 0 aromatic carbocycles. The van der Waals surface area contributed by atoms with Gasteiger partial charge in [-0.15, -0.1) is 0 Å². The topological polar surface area (TPSA) is 39.4 Å². The Morgan fingerprint density at radius 1 is 1.50 bits per heavy atom. The summed E-state index contributed by atoms with van der Waals surface area (Å²) in [5.41, 5.74) is 1.10. The number of hydrogen-bond acceptors (Lipinski definition) is 3. The first-order valence-corrected chi connectivity index (χ1v) is 4.81. The summed E-state index contributed by atoms with van der Waals surface area (Å²) >= 11 is 0. The first kappa shape index (κ1) is 7.94. The van der Waals surface area contributed by atoms with E-state index in [9.17, 15) is 0 Å². The monoisotopic (exact) mass is 189 g/mol. The summed E-state index contributed by atoms with van der Waals surface area (Å²) in [6, 6.07) is 1.91. The zero-order valence-corrected chi connectivity index (χ0v) is 7.76. The second-order valence-electron chi connectivity index (χ2n) is 3.55. The molecule has 3 rings (SSSR count). The van der Waals surface area contributed by atoms with Crippen LogP contribution in [0, 0.1) is 0 Å². The van der Waals surface area contributed by atoms with E-state index in [1.54, 1.807) is 6.20 Å². The Bertz CT molecular complexity index is 412. The predicted octanol–water partition coefficient (Wildman–Crippen LogP) is 1.23. The minimum atomic E-state index is 0.455. The van der Waals surface area contributed by atoms with Crippen molar-refractivity contribution in [1.29, 1.82) is 0 Å². The maximum atomic E-state index is 5.34. The van der Waals surface area contributed by atoms with Crippen LogP contribution in [0.15, 0.2) is 24.7 Å². The predicted molar refractivity (Wildman–Crippen MR) is 51.2 cm³/mol. The number of ether oxygens (including phenoxy) is 1. The molecule has 3 heterocycles. The van der Waals surface area contributed by atoms with Crippen LogP contribution in [0.3, 0.4) is 0 Å². The Kier molecular flexibility index (Phi) is 1.73. The quantitative estimate of drug-likeness (QED) is 0.677. The van der Waals surface area contributed by atoms with Crippen molar-refractivity contribution in [2.24, 2.45) is 0 Å². The summed E-state index contributed by atoms with van der Waals surface area (Å²) in [7, 11) is 0. The van der Waals surface area contributed by atoms with Crippen LogP contribution < -0.4 is 0 Å². The molecule has 1 aliphatic rings. The molecule has 1 saturated heterocycles. The lowest BCUT2D eigenvalue weighted by Crippen LogP contribution is -1.97. The molecule has 0 radical (unpaired) electrons. The van der Waals surface area contributed by atoms with Crippen molar-refractivity contribution >= 4 is 5.78 Å². The molecule has 72 valence electrons. The Hall–Kier alpha value is -1.42. The van der Waals surface area contributed by atoms with E-state index in [0.29, 0.717) is 5.92 Å². The van der Waals surface area contributed by atoms with Gasteiger partial charge in [-0.25, -0.2) is 9.97 Å². The van der Waals surface area contributed by atoms with Crippen LogP contribution in [0.1, 0.15) is 18.0 Å². The minimum Gasteiger partial charge on any atom is -0.381 e. The van der Waals surface area contributed by atoms with Gasteiger partial charge in [-0.2, -0.15) is 0 Å². The van der Waals surface area contributed by atoms with Crippen molar-refractivity contribution < 1.29 is 4.74 Å². The van der Waals surface area contributed by atoms with E-state index in [1.807, 2.05) is 22.9 Å². The molecule has 0 amide bonds. The molecule has 1 atom stereocenters. The average Bonchev–Trinajstić information content (AvgIpc) is 2.86. The van der Waals surface area contributed by atoms with E-state index in [1.165, 1.54) is 0 Å². The van der Waals surface area contributed by atoms with Gasteiger partial charge in [0, 0.05) is 31.1 Å². The van der Waals surface area contributed by atoms with Crippen LogP contribution in [0.2, 0.25) is 0 Å². The molecule has 0 spiro atoms. The van der Waals surface area contributed by atoms with E-state index < -0.39 is 0 Å². The molecule has 0 saturated carbocycles. The zero-order chi connectivity index (χ0) is 9.38. The highest BCUT2D eigenvalue weighted by Crippen LogP contribution is 2.23. The molecule has 4 heteroatoms. The number of hydrogen-bond donors (Lipinski definition) is 0. The van der Waals surface area contributed by atoms with Gasteiger partial charge in [0.05, 0.1) is 12.3 Å². The van der Waals surface area contributed by atoms with Crippen LogP contribution in [-0.2, 0) is 4.74 Å². The normalized spacial score (nSPS) is 21.9. The highest BCUT2D eigenvalue weighted by atomic mass is 16.5. The Morgan fingerprint density at radius 3 is 3.29 bits per heavy atom. The van der Waals surface area contributed by atoms with E-state index in [0.717, 1.165) is 31.1 Å². The highest BCUT2D eigenvalue weighted by Gasteiger charge is 2.20. The van der Waals surface area contributed by atoms with Gasteiger partial charge in [-0.3, -0.25) is 4.40 Å². The van der Waals surface area contributed by atoms with E-state index in [2.05, 4.69) is 9.97 Å². The highest BCUT2D eigenvalue weighted by molar-refractivity contribution is 5.31. The molecule has 1 unspecified atom stereocenters. The fourth-order valence-corrected chi connectivity index (χ4v) is 1.81. The number of imidazole rings is 1. The average molecular weight is 189 g/mol. The largest absolute Gasteiger partial charge is 0.381 e. The number of nitrogens with zero attached hydrogens (tertiary/aromatic N) is 3. The molecular weight excluding hydrogens is 178 g/mol. The third-order valence-corrected chi connectivity index (χ3v) is 2.60. The smallest absolute Gasteiger partial charge is 0.233 e. The van der Waals surface area contributed by atoms with Crippen LogP contribution in [0.25, 0.3) is 5.78 Å². The fourth-order valence-electron chi connectivity index (χ4n) is 1.81. The minimum absolute atomic E-state index is 0.455. The van der Waals surface area contributed by atoms with Gasteiger partial charge in [0.15, 0.2) is 0 Å². The van der Waals surface area contributed by atoms with Crippen molar-refractivity contribution in [1.82, 2.24) is 14.4 Å². The standard InChI is InChI=1S/C10H11N3O/c1-3-11-10-12-9(6-13(10)4-1)8-2-5-14-7-8/h1,3-4,6,8H,2,5,7H2. The summed E-state index contributed by atoms with van der Waals surface area (Å²) in [6.45, 7) is 1.65. The molecule has 1 aliphatic heterocycles. The van der Waals surface area contributed by atoms with Gasteiger partial charge in [-0.1, -0.05) is 0 Å². The van der Waals surface area contributed by atoms with Crippen molar-refractivity contribution in [2.75, 3.05) is 13.2 Å². The summed E-state index contributed by atoms with van der Waals surface area (Å²) in [4.78, 5) is 8.65. The molecule has 4 nitrogen and oxygen atoms in total. The SMILES string of the molecule is c1cnc2nc(C3CCOC3)cn2c1. The molecule has 1 fully saturated rings. The van der Waals surface area contributed by atoms with Crippen molar-refractivity contribution in [3.63, 3.8) is 0 Å². The van der Waals surface area contributed by atoms with Gasteiger partial charge >= 0.3 is 0 Å². The lowest BCUT2D eigenvalue weighted by molar-refractivity contribution is 0.193. The Labute approximate surface area is 81.6 Å². The van der Waals surface area contributed by atoms with Crippen LogP contribution in [-0.4, -0.2) is 27.6 Å². The molecule has 2 aromatic heterocycles. The van der Waals surface area contributed by atoms with E-state index in [4.69, 9.17) is 4.74 Å². The van der Waals surface area contributed by atoms with E-state index in [-0.39, 0.29) is 0 Å². The summed E-state index contributed by atoms with van der Waals surface area (Å²) < 4.78 is 7.29. The first-order chi connectivity index (χ1) is 6.93. The number of aromatic nitrogens is 3. The van der Waals surface area contributed by atoms with Gasteiger partial charge in [0.2, 0.25) is 5.78 Å². The zero-order valence-electron chi connectivity index (χ0n) is 7.76. The number of fused-ring (bicyclic) bond motifs is 1. The lowest BCUT2D eigenvalue weighted by atomic mass is 10.1. The Morgan fingerprint density at radius 2 is 2.50 bits per heavy atom. The van der Waals surface area contributed by atoms with Gasteiger partial charge in [-0.05, 0) is 12.5 Å². The second-order valence-corrected chi connectivity index (χ2v) is 3.55. The van der Waals surface area contributed by atoms with Crippen LogP contribution >= 0.6 is 0 Å². The number of rotatable bonds is 1. The molecule has 2 aromatic rings. The van der Waals surface area contributed by atoms with Crippen molar-refractivity contribution in [3.05, 3.63) is 30.4 Å². The summed E-state index contributed by atoms with van der Waals surface area (Å²) in [5.74, 6) is 1.23. The van der Waals surface area contributed by atoms with Crippen molar-refractivity contribution in [3.8, 4) is 0 Å². The molecule has 0 N–H and O–H groups in total. The van der Waals surface area contributed by atoms with E-state index >= 15 is 0 Å². The lowest BCUT2D eigenvalue weighted by Gasteiger charge is -1.99. The van der Waals surface area contributed by atoms with Crippen LogP contribution in [0.4, 0.5) is 0 Å². The Balaban J connectivity index is 2.05. The second kappa shape index (κ2) is 3.06. The molecule has 14 heavy (non-hydrogen) atoms. The molecule has 0 bridgehead atoms. The summed E-state index contributed by atoms with van der Waals surface area (Å²) in [5, 5.41) is 0. The van der Waals surface area contributed by atoms with Gasteiger partial charge in [0.1, 0.15) is 0 Å². The maximum absolute atomic E-state index is 5.34. The fraction of sp³-hybridized carbons (Fsp3) is 0.400. The molecular formula is C10H11N3O. The third-order valence-electron chi connectivity index (χ3n) is 2.60. The van der Waals surface area contributed by atoms with Crippen LogP contribution in [0.5, 0.6) is 0 Å². The van der Waals surface area contributed by atoms with Crippen molar-refractivity contribution in [2.45, 2.75) is 12.3 Å². The van der Waals surface area contributed by atoms with Gasteiger partial charge < -0.3 is 4.74 Å². The first-order valence-electron chi connectivity index (χ1n) is 4.81. The van der Waals surface area contributed by atoms with Gasteiger partial charge in [0.25, 0.3) is 0 Å². The summed E-state index contributed by atoms with van der Waals surface area (Å²) in [6.07, 6.45) is 6.84. The third kappa shape index (κ3) is 1.19. The maximum Gasteiger partial charge on any atom is 0.233 e.